The van der Waals surface area contributed by atoms with Gasteiger partial charge >= 0.3 is 0 Å². The van der Waals surface area contributed by atoms with E-state index in [4.69, 9.17) is 0 Å². The van der Waals surface area contributed by atoms with Gasteiger partial charge in [-0.05, 0) is 55.5 Å². The zero-order valence-corrected chi connectivity index (χ0v) is 14.4. The molecule has 1 spiro atoms. The Hall–Kier alpha value is -1.43. The molecule has 1 N–H and O–H groups in total. The fourth-order valence-electron chi connectivity index (χ4n) is 3.97. The average molecular weight is 334 g/mol. The van der Waals surface area contributed by atoms with E-state index >= 15 is 0 Å². The lowest BCUT2D eigenvalue weighted by molar-refractivity contribution is 0.268. The minimum Gasteiger partial charge on any atom is -0.316 e. The quantitative estimate of drug-likeness (QED) is 0.935. The van der Waals surface area contributed by atoms with E-state index in [0.717, 1.165) is 12.2 Å². The van der Waals surface area contributed by atoms with Crippen molar-refractivity contribution in [3.8, 4) is 5.69 Å². The number of nitrogens with zero attached hydrogens (tertiary/aromatic N) is 4. The highest BCUT2D eigenvalue weighted by molar-refractivity contribution is 5.85. The molecule has 0 radical (unpaired) electrons. The lowest BCUT2D eigenvalue weighted by atomic mass is 9.86. The number of halogens is 1. The molecule has 4 rings (SSSR count). The minimum atomic E-state index is 0. The summed E-state index contributed by atoms with van der Waals surface area (Å²) in [6.07, 6.45) is 6.01. The Kier molecular flexibility index (Phi) is 4.71. The third-order valence-corrected chi connectivity index (χ3v) is 5.18. The molecular weight excluding hydrogens is 310 g/mol. The molecule has 2 aliphatic heterocycles. The van der Waals surface area contributed by atoms with E-state index in [1.807, 2.05) is 4.68 Å². The van der Waals surface area contributed by atoms with Gasteiger partial charge in [-0.2, -0.15) is 5.10 Å². The summed E-state index contributed by atoms with van der Waals surface area (Å²) in [5, 5.41) is 7.75. The molecule has 1 aromatic heterocycles. The molecule has 2 saturated heterocycles. The molecule has 0 amide bonds. The van der Waals surface area contributed by atoms with E-state index in [9.17, 15) is 0 Å². The molecule has 2 aliphatic rings. The summed E-state index contributed by atoms with van der Waals surface area (Å²) < 4.78 is 1.83. The summed E-state index contributed by atoms with van der Waals surface area (Å²) in [7, 11) is 0. The van der Waals surface area contributed by atoms with Gasteiger partial charge < -0.3 is 5.32 Å². The van der Waals surface area contributed by atoms with Crippen LogP contribution in [0.25, 0.3) is 5.69 Å². The van der Waals surface area contributed by atoms with Gasteiger partial charge in [0.25, 0.3) is 0 Å². The fraction of sp³-hybridized carbons (Fsp3) is 0.529. The van der Waals surface area contributed by atoms with Gasteiger partial charge in [0, 0.05) is 19.6 Å². The number of hydrogen-bond donors (Lipinski definition) is 1. The average Bonchev–Trinajstić information content (AvgIpc) is 3.24. The van der Waals surface area contributed by atoms with Crippen LogP contribution in [0.4, 0.5) is 0 Å². The second-order valence-electron chi connectivity index (χ2n) is 6.85. The first kappa shape index (κ1) is 16.4. The highest BCUT2D eigenvalue weighted by Gasteiger charge is 2.39. The molecule has 6 heteroatoms. The zero-order chi connectivity index (χ0) is 15.0. The second-order valence-corrected chi connectivity index (χ2v) is 6.85. The van der Waals surface area contributed by atoms with Crippen molar-refractivity contribution in [1.29, 1.82) is 0 Å². The summed E-state index contributed by atoms with van der Waals surface area (Å²) in [5.74, 6) is 0. The second kappa shape index (κ2) is 6.59. The standard InChI is InChI=1S/C17H23N5.ClH/c1-14-8-15(2-3-16(14)22-13-19-12-20-22)9-21-7-5-17(11-21)4-6-18-10-17;/h2-3,8,12-13,18H,4-7,9-11H2,1H3;1H. The van der Waals surface area contributed by atoms with Crippen LogP contribution in [0, 0.1) is 12.3 Å². The van der Waals surface area contributed by atoms with Crippen molar-refractivity contribution in [2.24, 2.45) is 5.41 Å². The van der Waals surface area contributed by atoms with Gasteiger partial charge in [0.1, 0.15) is 12.7 Å². The maximum absolute atomic E-state index is 4.22. The van der Waals surface area contributed by atoms with Crippen LogP contribution in [0.15, 0.2) is 30.9 Å². The van der Waals surface area contributed by atoms with E-state index in [1.165, 1.54) is 50.1 Å². The lowest BCUT2D eigenvalue weighted by Crippen LogP contribution is -2.28. The number of rotatable bonds is 3. The van der Waals surface area contributed by atoms with Crippen LogP contribution in [0.3, 0.4) is 0 Å². The van der Waals surface area contributed by atoms with Crippen molar-refractivity contribution in [3.63, 3.8) is 0 Å². The Bertz CT molecular complexity index is 649. The van der Waals surface area contributed by atoms with Crippen molar-refractivity contribution in [2.45, 2.75) is 26.3 Å². The van der Waals surface area contributed by atoms with E-state index < -0.39 is 0 Å². The Balaban J connectivity index is 0.00000156. The number of aryl methyl sites for hydroxylation is 1. The fourth-order valence-corrected chi connectivity index (χ4v) is 3.97. The van der Waals surface area contributed by atoms with Crippen molar-refractivity contribution < 1.29 is 0 Å². The van der Waals surface area contributed by atoms with Crippen molar-refractivity contribution >= 4 is 12.4 Å². The Morgan fingerprint density at radius 2 is 2.22 bits per heavy atom. The van der Waals surface area contributed by atoms with Gasteiger partial charge in [-0.15, -0.1) is 12.4 Å². The molecule has 2 aromatic rings. The van der Waals surface area contributed by atoms with Gasteiger partial charge in [0.2, 0.25) is 0 Å². The molecule has 124 valence electrons. The summed E-state index contributed by atoms with van der Waals surface area (Å²) in [6.45, 7) is 8.07. The molecule has 1 unspecified atom stereocenters. The van der Waals surface area contributed by atoms with Crippen LogP contribution in [0.2, 0.25) is 0 Å². The number of benzene rings is 1. The molecule has 0 aliphatic carbocycles. The molecule has 2 fully saturated rings. The Morgan fingerprint density at radius 1 is 1.30 bits per heavy atom. The SMILES string of the molecule is Cc1cc(CN2CCC3(CCNC3)C2)ccc1-n1cncn1.Cl. The maximum Gasteiger partial charge on any atom is 0.138 e. The monoisotopic (exact) mass is 333 g/mol. The molecule has 1 aromatic carbocycles. The largest absolute Gasteiger partial charge is 0.316 e. The van der Waals surface area contributed by atoms with Crippen LogP contribution in [-0.4, -0.2) is 45.8 Å². The van der Waals surface area contributed by atoms with Crippen LogP contribution in [0.1, 0.15) is 24.0 Å². The first-order chi connectivity index (χ1) is 10.7. The molecule has 1 atom stereocenters. The van der Waals surface area contributed by atoms with Crippen LogP contribution >= 0.6 is 12.4 Å². The summed E-state index contributed by atoms with van der Waals surface area (Å²) in [4.78, 5) is 6.63. The summed E-state index contributed by atoms with van der Waals surface area (Å²) in [5.41, 5.74) is 4.30. The van der Waals surface area contributed by atoms with Crippen molar-refractivity contribution in [1.82, 2.24) is 25.0 Å². The topological polar surface area (TPSA) is 46.0 Å². The Labute approximate surface area is 143 Å². The predicted molar refractivity (Wildman–Crippen MR) is 93.2 cm³/mol. The molecule has 23 heavy (non-hydrogen) atoms. The van der Waals surface area contributed by atoms with Gasteiger partial charge in [0.05, 0.1) is 5.69 Å². The highest BCUT2D eigenvalue weighted by Crippen LogP contribution is 2.36. The normalized spacial score (nSPS) is 24.2. The van der Waals surface area contributed by atoms with E-state index in [-0.39, 0.29) is 12.4 Å². The maximum atomic E-state index is 4.22. The first-order valence-corrected chi connectivity index (χ1v) is 8.12. The smallest absolute Gasteiger partial charge is 0.138 e. The summed E-state index contributed by atoms with van der Waals surface area (Å²) in [6, 6.07) is 6.67. The third kappa shape index (κ3) is 3.27. The van der Waals surface area contributed by atoms with Crippen LogP contribution < -0.4 is 5.32 Å². The lowest BCUT2D eigenvalue weighted by Gasteiger charge is -2.23. The minimum absolute atomic E-state index is 0. The molecule has 3 heterocycles. The number of nitrogens with one attached hydrogen (secondary N) is 1. The number of aromatic nitrogens is 3. The van der Waals surface area contributed by atoms with Gasteiger partial charge in [-0.3, -0.25) is 4.90 Å². The van der Waals surface area contributed by atoms with Crippen LogP contribution in [-0.2, 0) is 6.54 Å². The summed E-state index contributed by atoms with van der Waals surface area (Å²) >= 11 is 0. The van der Waals surface area contributed by atoms with Gasteiger partial charge in [0.15, 0.2) is 0 Å². The molecule has 0 bridgehead atoms. The van der Waals surface area contributed by atoms with Gasteiger partial charge in [-0.25, -0.2) is 9.67 Å². The number of hydrogen-bond acceptors (Lipinski definition) is 4. The third-order valence-electron chi connectivity index (χ3n) is 5.18. The molecule has 0 saturated carbocycles. The predicted octanol–water partition coefficient (Wildman–Crippen LogP) is 2.18. The molecule has 5 nitrogen and oxygen atoms in total. The van der Waals surface area contributed by atoms with E-state index in [0.29, 0.717) is 5.41 Å². The highest BCUT2D eigenvalue weighted by atomic mass is 35.5. The number of likely N-dealkylation sites (tertiary alicyclic amines) is 1. The first-order valence-electron chi connectivity index (χ1n) is 8.12. The van der Waals surface area contributed by atoms with Crippen LogP contribution in [0.5, 0.6) is 0 Å². The van der Waals surface area contributed by atoms with Crippen molar-refractivity contribution in [3.05, 3.63) is 42.0 Å². The molecular formula is C17H24ClN5. The van der Waals surface area contributed by atoms with E-state index in [2.05, 4.69) is 45.4 Å². The van der Waals surface area contributed by atoms with Gasteiger partial charge in [-0.1, -0.05) is 12.1 Å². The van der Waals surface area contributed by atoms with Crippen molar-refractivity contribution in [2.75, 3.05) is 26.2 Å². The zero-order valence-electron chi connectivity index (χ0n) is 13.5. The Morgan fingerprint density at radius 3 is 2.91 bits per heavy atom. The van der Waals surface area contributed by atoms with E-state index in [1.54, 1.807) is 12.7 Å².